The summed E-state index contributed by atoms with van der Waals surface area (Å²) in [6.07, 6.45) is 0. The molecule has 0 saturated carbocycles. The highest BCUT2D eigenvalue weighted by Crippen LogP contribution is 2.28. The molecule has 30 heavy (non-hydrogen) atoms. The van der Waals surface area contributed by atoms with Crippen molar-refractivity contribution in [3.63, 3.8) is 0 Å². The van der Waals surface area contributed by atoms with E-state index in [-0.39, 0.29) is 24.4 Å². The molecule has 0 radical (unpaired) electrons. The van der Waals surface area contributed by atoms with Crippen LogP contribution in [0.3, 0.4) is 0 Å². The molecule has 0 fully saturated rings. The van der Waals surface area contributed by atoms with Crippen molar-refractivity contribution in [2.75, 3.05) is 32.0 Å². The van der Waals surface area contributed by atoms with E-state index >= 15 is 0 Å². The molecule has 6 nitrogen and oxygen atoms in total. The van der Waals surface area contributed by atoms with Crippen LogP contribution in [0.2, 0.25) is 0 Å². The van der Waals surface area contributed by atoms with Gasteiger partial charge >= 0.3 is 0 Å². The zero-order chi connectivity index (χ0) is 21.7. The van der Waals surface area contributed by atoms with Crippen molar-refractivity contribution in [3.05, 3.63) is 59.1 Å². The monoisotopic (exact) mass is 424 g/mol. The first-order valence-electron chi connectivity index (χ1n) is 10.2. The van der Waals surface area contributed by atoms with Gasteiger partial charge in [0.25, 0.3) is 5.91 Å². The molecule has 3 aromatic rings. The first-order chi connectivity index (χ1) is 14.4. The van der Waals surface area contributed by atoms with Gasteiger partial charge in [0.2, 0.25) is 5.91 Å². The van der Waals surface area contributed by atoms with Crippen LogP contribution in [-0.2, 0) is 4.79 Å². The Kier molecular flexibility index (Phi) is 7.18. The fourth-order valence-electron chi connectivity index (χ4n) is 3.24. The second kappa shape index (κ2) is 9.82. The number of thiazole rings is 1. The van der Waals surface area contributed by atoms with E-state index < -0.39 is 0 Å². The van der Waals surface area contributed by atoms with Gasteiger partial charge in [0.15, 0.2) is 0 Å². The number of carbonyl (C=O) groups excluding carboxylic acids is 2. The van der Waals surface area contributed by atoms with Gasteiger partial charge in [0, 0.05) is 24.3 Å². The molecule has 0 aliphatic carbocycles. The van der Waals surface area contributed by atoms with Crippen LogP contribution in [0.4, 0.5) is 5.69 Å². The molecule has 7 heteroatoms. The predicted molar refractivity (Wildman–Crippen MR) is 123 cm³/mol. The summed E-state index contributed by atoms with van der Waals surface area (Å²) in [5, 5.41) is 3.89. The average molecular weight is 425 g/mol. The lowest BCUT2D eigenvalue weighted by atomic mass is 10.1. The zero-order valence-electron chi connectivity index (χ0n) is 17.9. The third-order valence-electron chi connectivity index (χ3n) is 5.17. The van der Waals surface area contributed by atoms with E-state index in [9.17, 15) is 9.59 Å². The number of para-hydroxylation sites is 1. The van der Waals surface area contributed by atoms with Gasteiger partial charge in [-0.25, -0.2) is 4.98 Å². The topological polar surface area (TPSA) is 65.5 Å². The highest BCUT2D eigenvalue weighted by molar-refractivity contribution is 7.18. The fourth-order valence-corrected chi connectivity index (χ4v) is 4.33. The van der Waals surface area contributed by atoms with Crippen LogP contribution in [0, 0.1) is 0 Å². The number of aromatic nitrogens is 1. The minimum atomic E-state index is -0.127. The van der Waals surface area contributed by atoms with Gasteiger partial charge < -0.3 is 10.2 Å². The number of nitrogens with one attached hydrogen (secondary N) is 1. The molecule has 0 spiro atoms. The van der Waals surface area contributed by atoms with E-state index in [0.717, 1.165) is 15.2 Å². The van der Waals surface area contributed by atoms with Crippen molar-refractivity contribution in [3.8, 4) is 0 Å². The Morgan fingerprint density at radius 2 is 1.83 bits per heavy atom. The van der Waals surface area contributed by atoms with E-state index in [4.69, 9.17) is 4.98 Å². The SMILES string of the molecule is CCN(CC)C(=O)c1cccc(NC(=O)CN(C)[C@@H](C)c2nc3ccccc3s2)c1. The van der Waals surface area contributed by atoms with Crippen LogP contribution < -0.4 is 5.32 Å². The maximum Gasteiger partial charge on any atom is 0.253 e. The molecule has 1 atom stereocenters. The van der Waals surface area contributed by atoms with E-state index in [0.29, 0.717) is 24.3 Å². The minimum absolute atomic E-state index is 0.0173. The number of fused-ring (bicyclic) bond motifs is 1. The van der Waals surface area contributed by atoms with Gasteiger partial charge in [0.05, 0.1) is 22.8 Å². The van der Waals surface area contributed by atoms with Crippen molar-refractivity contribution in [2.45, 2.75) is 26.8 Å². The molecule has 0 unspecified atom stereocenters. The number of rotatable bonds is 8. The number of amides is 2. The maximum absolute atomic E-state index is 12.6. The van der Waals surface area contributed by atoms with Crippen molar-refractivity contribution >= 4 is 39.1 Å². The molecule has 158 valence electrons. The smallest absolute Gasteiger partial charge is 0.253 e. The van der Waals surface area contributed by atoms with Gasteiger partial charge in [-0.3, -0.25) is 14.5 Å². The maximum atomic E-state index is 12.6. The van der Waals surface area contributed by atoms with E-state index in [2.05, 4.69) is 11.4 Å². The Labute approximate surface area is 181 Å². The van der Waals surface area contributed by atoms with Crippen LogP contribution in [0.15, 0.2) is 48.5 Å². The van der Waals surface area contributed by atoms with Gasteiger partial charge in [-0.2, -0.15) is 0 Å². The standard InChI is InChI=1S/C23H28N4O2S/c1-5-27(6-2)23(29)17-10-9-11-18(14-17)24-21(28)15-26(4)16(3)22-25-19-12-7-8-13-20(19)30-22/h7-14,16H,5-6,15H2,1-4H3,(H,24,28)/t16-/m0/s1. The number of nitrogens with zero attached hydrogens (tertiary/aromatic N) is 3. The summed E-state index contributed by atoms with van der Waals surface area (Å²) in [4.78, 5) is 33.6. The molecule has 0 aliphatic rings. The predicted octanol–water partition coefficient (Wildman–Crippen LogP) is 4.41. The number of hydrogen-bond acceptors (Lipinski definition) is 5. The summed E-state index contributed by atoms with van der Waals surface area (Å²) in [6, 6.07) is 15.2. The third kappa shape index (κ3) is 5.04. The van der Waals surface area contributed by atoms with Gasteiger partial charge in [0.1, 0.15) is 5.01 Å². The van der Waals surface area contributed by atoms with Crippen LogP contribution in [0.25, 0.3) is 10.2 Å². The highest BCUT2D eigenvalue weighted by Gasteiger charge is 2.19. The molecular formula is C23H28N4O2S. The van der Waals surface area contributed by atoms with Crippen molar-refractivity contribution in [2.24, 2.45) is 0 Å². The molecule has 0 bridgehead atoms. The van der Waals surface area contributed by atoms with Crippen LogP contribution in [-0.4, -0.2) is 53.3 Å². The lowest BCUT2D eigenvalue weighted by molar-refractivity contribution is -0.117. The largest absolute Gasteiger partial charge is 0.339 e. The summed E-state index contributed by atoms with van der Waals surface area (Å²) >= 11 is 1.65. The van der Waals surface area contributed by atoms with E-state index in [1.807, 2.05) is 50.9 Å². The molecule has 2 aromatic carbocycles. The van der Waals surface area contributed by atoms with Crippen LogP contribution >= 0.6 is 11.3 Å². The number of hydrogen-bond donors (Lipinski definition) is 1. The Morgan fingerprint density at radius 1 is 1.10 bits per heavy atom. The molecule has 2 amide bonds. The summed E-state index contributed by atoms with van der Waals surface area (Å²) in [6.45, 7) is 7.49. The summed E-state index contributed by atoms with van der Waals surface area (Å²) in [5.74, 6) is -0.157. The quantitative estimate of drug-likeness (QED) is 0.582. The van der Waals surface area contributed by atoms with E-state index in [1.54, 1.807) is 40.5 Å². The summed E-state index contributed by atoms with van der Waals surface area (Å²) < 4.78 is 1.15. The van der Waals surface area contributed by atoms with Gasteiger partial charge in [-0.05, 0) is 58.2 Å². The zero-order valence-corrected chi connectivity index (χ0v) is 18.7. The Hall–Kier alpha value is -2.77. The lowest BCUT2D eigenvalue weighted by Crippen LogP contribution is -2.32. The third-order valence-corrected chi connectivity index (χ3v) is 6.37. The Bertz CT molecular complexity index is 996. The second-order valence-corrected chi connectivity index (χ2v) is 8.28. The normalized spacial score (nSPS) is 12.2. The number of carbonyl (C=O) groups is 2. The number of anilines is 1. The molecule has 0 saturated heterocycles. The summed E-state index contributed by atoms with van der Waals surface area (Å²) in [5.41, 5.74) is 2.18. The molecule has 1 N–H and O–H groups in total. The minimum Gasteiger partial charge on any atom is -0.339 e. The Balaban J connectivity index is 1.63. The molecule has 1 heterocycles. The average Bonchev–Trinajstić information content (AvgIpc) is 3.18. The lowest BCUT2D eigenvalue weighted by Gasteiger charge is -2.22. The van der Waals surface area contributed by atoms with Crippen LogP contribution in [0.5, 0.6) is 0 Å². The van der Waals surface area contributed by atoms with Crippen molar-refractivity contribution in [1.29, 1.82) is 0 Å². The van der Waals surface area contributed by atoms with Crippen molar-refractivity contribution < 1.29 is 9.59 Å². The first kappa shape index (κ1) is 21.9. The van der Waals surface area contributed by atoms with Crippen LogP contribution in [0.1, 0.15) is 42.2 Å². The highest BCUT2D eigenvalue weighted by atomic mass is 32.1. The molecule has 1 aromatic heterocycles. The summed E-state index contributed by atoms with van der Waals surface area (Å²) in [7, 11) is 1.91. The number of likely N-dealkylation sites (N-methyl/N-ethyl adjacent to an activating group) is 1. The second-order valence-electron chi connectivity index (χ2n) is 7.22. The fraction of sp³-hybridized carbons (Fsp3) is 0.348. The number of benzene rings is 2. The van der Waals surface area contributed by atoms with Crippen molar-refractivity contribution in [1.82, 2.24) is 14.8 Å². The Morgan fingerprint density at radius 3 is 2.53 bits per heavy atom. The van der Waals surface area contributed by atoms with Gasteiger partial charge in [-0.1, -0.05) is 18.2 Å². The van der Waals surface area contributed by atoms with Gasteiger partial charge in [-0.15, -0.1) is 11.3 Å². The first-order valence-corrected chi connectivity index (χ1v) is 11.0. The van der Waals surface area contributed by atoms with E-state index in [1.165, 1.54) is 0 Å². The molecular weight excluding hydrogens is 396 g/mol. The molecule has 3 rings (SSSR count). The molecule has 0 aliphatic heterocycles.